The summed E-state index contributed by atoms with van der Waals surface area (Å²) >= 11 is 0. The van der Waals surface area contributed by atoms with Crippen LogP contribution >= 0.6 is 0 Å². The Hall–Kier alpha value is -2.37. The van der Waals surface area contributed by atoms with Gasteiger partial charge in [0.15, 0.2) is 5.82 Å². The zero-order valence-corrected chi connectivity index (χ0v) is 17.9. The van der Waals surface area contributed by atoms with Crippen molar-refractivity contribution in [2.75, 3.05) is 6.54 Å². The number of aromatic nitrogens is 2. The molecule has 0 atom stereocenters. The SMILES string of the molecule is CC(C)=C/C=C\C=C(/C)NCCCCCc1noc(CC(C)(C)CC(=O)O)n1. The Morgan fingerprint density at radius 2 is 1.86 bits per heavy atom. The van der Waals surface area contributed by atoms with Gasteiger partial charge in [0.05, 0.1) is 6.42 Å². The minimum Gasteiger partial charge on any atom is -0.481 e. The van der Waals surface area contributed by atoms with E-state index in [4.69, 9.17) is 9.63 Å². The van der Waals surface area contributed by atoms with Crippen LogP contribution in [0.25, 0.3) is 0 Å². The van der Waals surface area contributed by atoms with Gasteiger partial charge in [-0.25, -0.2) is 0 Å². The molecule has 0 aliphatic rings. The molecule has 1 rings (SSSR count). The van der Waals surface area contributed by atoms with Crippen molar-refractivity contribution in [2.45, 2.75) is 73.1 Å². The average molecular weight is 390 g/mol. The van der Waals surface area contributed by atoms with E-state index < -0.39 is 11.4 Å². The molecule has 0 spiro atoms. The number of carbonyl (C=O) groups is 1. The lowest BCUT2D eigenvalue weighted by Gasteiger charge is -2.19. The molecule has 0 saturated heterocycles. The van der Waals surface area contributed by atoms with E-state index in [9.17, 15) is 4.79 Å². The van der Waals surface area contributed by atoms with Crippen LogP contribution in [0.5, 0.6) is 0 Å². The van der Waals surface area contributed by atoms with Crippen LogP contribution in [-0.4, -0.2) is 27.8 Å². The lowest BCUT2D eigenvalue weighted by atomic mass is 9.86. The van der Waals surface area contributed by atoms with Gasteiger partial charge in [-0.05, 0) is 45.1 Å². The van der Waals surface area contributed by atoms with Crippen molar-refractivity contribution in [3.8, 4) is 0 Å². The highest BCUT2D eigenvalue weighted by molar-refractivity contribution is 5.67. The van der Waals surface area contributed by atoms with Crippen molar-refractivity contribution >= 4 is 5.97 Å². The molecule has 28 heavy (non-hydrogen) atoms. The topological polar surface area (TPSA) is 88.2 Å². The predicted octanol–water partition coefficient (Wildman–Crippen LogP) is 4.84. The van der Waals surface area contributed by atoms with E-state index in [-0.39, 0.29) is 6.42 Å². The molecule has 1 heterocycles. The van der Waals surface area contributed by atoms with E-state index in [0.29, 0.717) is 18.1 Å². The van der Waals surface area contributed by atoms with Crippen LogP contribution in [0.4, 0.5) is 0 Å². The van der Waals surface area contributed by atoms with Gasteiger partial charge in [-0.3, -0.25) is 4.79 Å². The molecule has 0 saturated carbocycles. The fourth-order valence-corrected chi connectivity index (χ4v) is 2.72. The van der Waals surface area contributed by atoms with Crippen LogP contribution in [-0.2, 0) is 17.6 Å². The van der Waals surface area contributed by atoms with E-state index in [1.807, 2.05) is 26.0 Å². The molecule has 156 valence electrons. The zero-order valence-electron chi connectivity index (χ0n) is 17.9. The number of rotatable bonds is 13. The summed E-state index contributed by atoms with van der Waals surface area (Å²) in [6.07, 6.45) is 12.8. The van der Waals surface area contributed by atoms with E-state index >= 15 is 0 Å². The Labute approximate surface area is 168 Å². The average Bonchev–Trinajstić information content (AvgIpc) is 2.99. The van der Waals surface area contributed by atoms with Crippen molar-refractivity contribution < 1.29 is 14.4 Å². The quantitative estimate of drug-likeness (QED) is 0.371. The van der Waals surface area contributed by atoms with E-state index in [1.165, 1.54) is 5.57 Å². The third-order valence-electron chi connectivity index (χ3n) is 4.14. The summed E-state index contributed by atoms with van der Waals surface area (Å²) in [5, 5.41) is 16.4. The van der Waals surface area contributed by atoms with Crippen molar-refractivity contribution in [3.05, 3.63) is 47.3 Å². The van der Waals surface area contributed by atoms with Gasteiger partial charge in [-0.15, -0.1) is 0 Å². The summed E-state index contributed by atoms with van der Waals surface area (Å²) in [6, 6.07) is 0. The first-order valence-corrected chi connectivity index (χ1v) is 9.93. The van der Waals surface area contributed by atoms with Crippen LogP contribution < -0.4 is 5.32 Å². The van der Waals surface area contributed by atoms with Crippen LogP contribution in [0.3, 0.4) is 0 Å². The number of carboxylic acid groups (broad SMARTS) is 1. The first kappa shape index (κ1) is 23.7. The maximum absolute atomic E-state index is 10.9. The summed E-state index contributed by atoms with van der Waals surface area (Å²) in [5.74, 6) is 0.409. The maximum Gasteiger partial charge on any atom is 0.303 e. The molecule has 0 bridgehead atoms. The van der Waals surface area contributed by atoms with Crippen LogP contribution in [0, 0.1) is 5.41 Å². The number of aryl methyl sites for hydroxylation is 1. The highest BCUT2D eigenvalue weighted by Crippen LogP contribution is 2.25. The maximum atomic E-state index is 10.9. The number of aliphatic carboxylic acids is 1. The minimum atomic E-state index is -0.813. The standard InChI is InChI=1S/C22H35N3O3/c1-17(2)11-8-9-12-18(3)23-14-10-6-7-13-19-24-20(28-25-19)15-22(4,5)16-21(26)27/h8-9,11-12,23H,6-7,10,13-16H2,1-5H3,(H,26,27)/b9-8-,18-12+. The van der Waals surface area contributed by atoms with Gasteiger partial charge in [0.2, 0.25) is 5.89 Å². The Bertz CT molecular complexity index is 696. The molecule has 0 fully saturated rings. The lowest BCUT2D eigenvalue weighted by molar-refractivity contribution is -0.139. The molecule has 1 aromatic heterocycles. The van der Waals surface area contributed by atoms with Crippen molar-refractivity contribution in [2.24, 2.45) is 5.41 Å². The summed E-state index contributed by atoms with van der Waals surface area (Å²) in [7, 11) is 0. The normalized spacial score (nSPS) is 12.4. The van der Waals surface area contributed by atoms with Crippen molar-refractivity contribution in [1.82, 2.24) is 15.5 Å². The van der Waals surface area contributed by atoms with E-state index in [2.05, 4.69) is 48.4 Å². The number of nitrogens with zero attached hydrogens (tertiary/aromatic N) is 2. The molecule has 6 nitrogen and oxygen atoms in total. The predicted molar refractivity (Wildman–Crippen MR) is 112 cm³/mol. The van der Waals surface area contributed by atoms with Gasteiger partial charge < -0.3 is 14.9 Å². The fraction of sp³-hybridized carbons (Fsp3) is 0.591. The number of unbranched alkanes of at least 4 members (excludes halogenated alkanes) is 2. The van der Waals surface area contributed by atoms with Crippen molar-refractivity contribution in [1.29, 1.82) is 0 Å². The molecule has 1 aromatic rings. The van der Waals surface area contributed by atoms with Crippen LogP contribution in [0.15, 0.2) is 40.1 Å². The number of allylic oxidation sites excluding steroid dienone is 6. The molecular formula is C22H35N3O3. The van der Waals surface area contributed by atoms with Gasteiger partial charge in [-0.1, -0.05) is 49.2 Å². The second-order valence-electron chi connectivity index (χ2n) is 8.23. The largest absolute Gasteiger partial charge is 0.481 e. The summed E-state index contributed by atoms with van der Waals surface area (Å²) in [4.78, 5) is 15.3. The number of nitrogens with one attached hydrogen (secondary N) is 1. The van der Waals surface area contributed by atoms with E-state index in [1.54, 1.807) is 0 Å². The van der Waals surface area contributed by atoms with Gasteiger partial charge in [0.1, 0.15) is 0 Å². The molecule has 2 N–H and O–H groups in total. The second kappa shape index (κ2) is 12.2. The first-order valence-electron chi connectivity index (χ1n) is 9.93. The monoisotopic (exact) mass is 389 g/mol. The summed E-state index contributed by atoms with van der Waals surface area (Å²) in [5.41, 5.74) is 2.05. The Kier molecular flexibility index (Phi) is 10.3. The smallest absolute Gasteiger partial charge is 0.303 e. The zero-order chi connectivity index (χ0) is 21.0. The Morgan fingerprint density at radius 1 is 1.14 bits per heavy atom. The van der Waals surface area contributed by atoms with Crippen molar-refractivity contribution in [3.63, 3.8) is 0 Å². The lowest BCUT2D eigenvalue weighted by Crippen LogP contribution is -2.19. The molecular weight excluding hydrogens is 354 g/mol. The van der Waals surface area contributed by atoms with Gasteiger partial charge >= 0.3 is 5.97 Å². The molecule has 0 radical (unpaired) electrons. The minimum absolute atomic E-state index is 0.0797. The molecule has 0 aliphatic carbocycles. The van der Waals surface area contributed by atoms with Gasteiger partial charge in [0, 0.05) is 25.1 Å². The number of carboxylic acids is 1. The highest BCUT2D eigenvalue weighted by Gasteiger charge is 2.25. The Morgan fingerprint density at radius 3 is 2.54 bits per heavy atom. The third kappa shape index (κ3) is 11.4. The van der Waals surface area contributed by atoms with Crippen LogP contribution in [0.2, 0.25) is 0 Å². The van der Waals surface area contributed by atoms with Gasteiger partial charge in [-0.2, -0.15) is 4.98 Å². The highest BCUT2D eigenvalue weighted by atomic mass is 16.5. The number of hydrogen-bond acceptors (Lipinski definition) is 5. The van der Waals surface area contributed by atoms with Crippen LogP contribution in [0.1, 0.15) is 72.0 Å². The first-order chi connectivity index (χ1) is 13.2. The second-order valence-corrected chi connectivity index (χ2v) is 8.23. The van der Waals surface area contributed by atoms with Gasteiger partial charge in [0.25, 0.3) is 0 Å². The molecule has 0 aliphatic heterocycles. The summed E-state index contributed by atoms with van der Waals surface area (Å²) in [6.45, 7) is 11.0. The third-order valence-corrected chi connectivity index (χ3v) is 4.14. The molecule has 0 aromatic carbocycles. The van der Waals surface area contributed by atoms with E-state index in [0.717, 1.165) is 37.9 Å². The molecule has 6 heteroatoms. The molecule has 0 unspecified atom stereocenters. The summed E-state index contributed by atoms with van der Waals surface area (Å²) < 4.78 is 5.27. The molecule has 0 amide bonds. The Balaban J connectivity index is 2.23. The fourth-order valence-electron chi connectivity index (χ4n) is 2.72. The number of hydrogen-bond donors (Lipinski definition) is 2.